The number of fused-ring (bicyclic) bond motifs is 1. The van der Waals surface area contributed by atoms with Crippen LogP contribution in [-0.2, 0) is 0 Å². The van der Waals surface area contributed by atoms with Crippen LogP contribution in [0.5, 0.6) is 0 Å². The molecule has 2 aromatic rings. The van der Waals surface area contributed by atoms with E-state index in [9.17, 15) is 13.2 Å². The van der Waals surface area contributed by atoms with E-state index in [1.165, 1.54) is 6.07 Å². The van der Waals surface area contributed by atoms with Gasteiger partial charge < -0.3 is 0 Å². The van der Waals surface area contributed by atoms with E-state index in [-0.39, 0.29) is 5.56 Å². The van der Waals surface area contributed by atoms with Gasteiger partial charge in [0.25, 0.3) is 0 Å². The SMILES string of the molecule is C/C=C/c1ccc2c(F)c(C(F)=C(F)C3CCC(CC)CC3)ccc2c1. The molecule has 0 aliphatic heterocycles. The minimum absolute atomic E-state index is 0.272. The average Bonchev–Trinajstić information content (AvgIpc) is 2.67. The van der Waals surface area contributed by atoms with Crippen LogP contribution in [0, 0.1) is 17.7 Å². The molecule has 0 nitrogen and oxygen atoms in total. The van der Waals surface area contributed by atoms with Gasteiger partial charge in [-0.05, 0) is 61.6 Å². The zero-order valence-corrected chi connectivity index (χ0v) is 15.4. The normalized spacial score (nSPS) is 22.0. The second-order valence-electron chi connectivity index (χ2n) is 7.20. The van der Waals surface area contributed by atoms with E-state index in [0.717, 1.165) is 24.8 Å². The minimum atomic E-state index is -1.04. The van der Waals surface area contributed by atoms with Crippen LogP contribution >= 0.6 is 0 Å². The lowest BCUT2D eigenvalue weighted by Gasteiger charge is -2.27. The zero-order valence-electron chi connectivity index (χ0n) is 15.4. The molecule has 2 aromatic carbocycles. The molecule has 26 heavy (non-hydrogen) atoms. The maximum Gasteiger partial charge on any atom is 0.165 e. The number of allylic oxidation sites excluding steroid dienone is 2. The van der Waals surface area contributed by atoms with Gasteiger partial charge in [0.1, 0.15) is 11.6 Å². The molecule has 0 heterocycles. The third kappa shape index (κ3) is 3.72. The summed E-state index contributed by atoms with van der Waals surface area (Å²) in [5.74, 6) is -2.34. The van der Waals surface area contributed by atoms with E-state index in [4.69, 9.17) is 0 Å². The van der Waals surface area contributed by atoms with Gasteiger partial charge in [-0.25, -0.2) is 13.2 Å². The summed E-state index contributed by atoms with van der Waals surface area (Å²) in [6, 6.07) is 8.25. The highest BCUT2D eigenvalue weighted by molar-refractivity contribution is 5.88. The summed E-state index contributed by atoms with van der Waals surface area (Å²) in [7, 11) is 0. The van der Waals surface area contributed by atoms with Crippen molar-refractivity contribution < 1.29 is 13.2 Å². The van der Waals surface area contributed by atoms with Crippen LogP contribution in [0.25, 0.3) is 22.7 Å². The summed E-state index contributed by atoms with van der Waals surface area (Å²) >= 11 is 0. The summed E-state index contributed by atoms with van der Waals surface area (Å²) < 4.78 is 44.2. The lowest BCUT2D eigenvalue weighted by Crippen LogP contribution is -2.15. The molecule has 0 N–H and O–H groups in total. The Hall–Kier alpha value is -2.03. The number of benzene rings is 2. The van der Waals surface area contributed by atoms with Crippen LogP contribution in [0.4, 0.5) is 13.2 Å². The fourth-order valence-corrected chi connectivity index (χ4v) is 3.91. The van der Waals surface area contributed by atoms with Crippen molar-refractivity contribution in [2.24, 2.45) is 11.8 Å². The highest BCUT2D eigenvalue weighted by atomic mass is 19.2. The molecule has 3 rings (SSSR count). The molecule has 1 aliphatic carbocycles. The number of hydrogen-bond donors (Lipinski definition) is 0. The van der Waals surface area contributed by atoms with Crippen LogP contribution in [-0.4, -0.2) is 0 Å². The van der Waals surface area contributed by atoms with Crippen LogP contribution in [0.2, 0.25) is 0 Å². The Labute approximate surface area is 153 Å². The Bertz CT molecular complexity index is 840. The molecule has 1 saturated carbocycles. The highest BCUT2D eigenvalue weighted by Gasteiger charge is 2.27. The summed E-state index contributed by atoms with van der Waals surface area (Å²) in [4.78, 5) is 0. The fourth-order valence-electron chi connectivity index (χ4n) is 3.91. The molecule has 0 atom stereocenters. The molecule has 0 amide bonds. The van der Waals surface area contributed by atoms with E-state index in [2.05, 4.69) is 6.92 Å². The largest absolute Gasteiger partial charge is 0.208 e. The molecule has 0 radical (unpaired) electrons. The predicted molar refractivity (Wildman–Crippen MR) is 103 cm³/mol. The Morgan fingerprint density at radius 2 is 1.81 bits per heavy atom. The van der Waals surface area contributed by atoms with E-state index in [1.807, 2.05) is 25.1 Å². The van der Waals surface area contributed by atoms with Crippen molar-refractivity contribution in [1.29, 1.82) is 0 Å². The van der Waals surface area contributed by atoms with Crippen LogP contribution in [0.15, 0.2) is 42.2 Å². The van der Waals surface area contributed by atoms with Crippen molar-refractivity contribution in [2.45, 2.75) is 46.0 Å². The second-order valence-corrected chi connectivity index (χ2v) is 7.20. The van der Waals surface area contributed by atoms with Crippen LogP contribution < -0.4 is 0 Å². The molecule has 3 heteroatoms. The zero-order chi connectivity index (χ0) is 18.7. The third-order valence-electron chi connectivity index (χ3n) is 5.57. The van der Waals surface area contributed by atoms with Crippen molar-refractivity contribution in [2.75, 3.05) is 0 Å². The minimum Gasteiger partial charge on any atom is -0.208 e. The molecule has 1 fully saturated rings. The summed E-state index contributed by atoms with van der Waals surface area (Å²) in [6.45, 7) is 4.04. The second kappa shape index (κ2) is 8.11. The molecule has 0 saturated heterocycles. The Balaban J connectivity index is 1.93. The van der Waals surface area contributed by atoms with Crippen LogP contribution in [0.1, 0.15) is 57.1 Å². The van der Waals surface area contributed by atoms with E-state index >= 15 is 0 Å². The Kier molecular flexibility index (Phi) is 5.85. The van der Waals surface area contributed by atoms with Gasteiger partial charge in [-0.1, -0.05) is 43.7 Å². The quantitative estimate of drug-likeness (QED) is 0.522. The van der Waals surface area contributed by atoms with Crippen molar-refractivity contribution in [3.63, 3.8) is 0 Å². The van der Waals surface area contributed by atoms with E-state index in [0.29, 0.717) is 29.5 Å². The Morgan fingerprint density at radius 3 is 2.46 bits per heavy atom. The summed E-state index contributed by atoms with van der Waals surface area (Å²) in [5.41, 5.74) is 0.674. The van der Waals surface area contributed by atoms with Gasteiger partial charge in [-0.2, -0.15) is 0 Å². The molecule has 0 bridgehead atoms. The van der Waals surface area contributed by atoms with E-state index in [1.54, 1.807) is 18.2 Å². The van der Waals surface area contributed by atoms with Gasteiger partial charge >= 0.3 is 0 Å². The van der Waals surface area contributed by atoms with Gasteiger partial charge in [0.15, 0.2) is 5.83 Å². The average molecular weight is 358 g/mol. The topological polar surface area (TPSA) is 0 Å². The first-order valence-electron chi connectivity index (χ1n) is 9.45. The molecule has 0 spiro atoms. The van der Waals surface area contributed by atoms with Gasteiger partial charge in [-0.3, -0.25) is 0 Å². The molecular formula is C23H25F3. The van der Waals surface area contributed by atoms with Gasteiger partial charge in [-0.15, -0.1) is 0 Å². The summed E-state index contributed by atoms with van der Waals surface area (Å²) in [6.07, 6.45) is 8.00. The maximum atomic E-state index is 14.8. The first-order chi connectivity index (χ1) is 12.5. The fraction of sp³-hybridized carbons (Fsp3) is 0.391. The van der Waals surface area contributed by atoms with E-state index < -0.39 is 23.4 Å². The predicted octanol–water partition coefficient (Wildman–Crippen LogP) is 7.84. The van der Waals surface area contributed by atoms with Crippen molar-refractivity contribution in [3.05, 3.63) is 59.2 Å². The monoisotopic (exact) mass is 358 g/mol. The maximum absolute atomic E-state index is 14.8. The molecule has 1 aliphatic rings. The Morgan fingerprint density at radius 1 is 1.08 bits per heavy atom. The van der Waals surface area contributed by atoms with Gasteiger partial charge in [0.2, 0.25) is 0 Å². The van der Waals surface area contributed by atoms with Crippen molar-refractivity contribution in [3.8, 4) is 0 Å². The lowest BCUT2D eigenvalue weighted by molar-refractivity contribution is 0.268. The number of rotatable bonds is 4. The smallest absolute Gasteiger partial charge is 0.165 e. The number of halogens is 3. The van der Waals surface area contributed by atoms with Gasteiger partial charge in [0, 0.05) is 16.9 Å². The molecular weight excluding hydrogens is 333 g/mol. The standard InChI is InChI=1S/C23H25F3/c1-3-5-16-8-12-19-18(14-16)11-13-20(22(19)25)23(26)21(24)17-9-6-15(4-2)7-10-17/h3,5,8,11-15,17H,4,6-7,9-10H2,1-2H3/b5-3+,23-21?. The highest BCUT2D eigenvalue weighted by Crippen LogP contribution is 2.39. The molecule has 0 unspecified atom stereocenters. The summed E-state index contributed by atoms with van der Waals surface area (Å²) in [5, 5.41) is 0.993. The first kappa shape index (κ1) is 18.8. The van der Waals surface area contributed by atoms with Gasteiger partial charge in [0.05, 0.1) is 0 Å². The third-order valence-corrected chi connectivity index (χ3v) is 5.57. The number of hydrogen-bond acceptors (Lipinski definition) is 0. The molecule has 138 valence electrons. The lowest BCUT2D eigenvalue weighted by atomic mass is 9.80. The van der Waals surface area contributed by atoms with Crippen LogP contribution in [0.3, 0.4) is 0 Å². The first-order valence-corrected chi connectivity index (χ1v) is 9.45. The van der Waals surface area contributed by atoms with Crippen molar-refractivity contribution >= 4 is 22.7 Å². The van der Waals surface area contributed by atoms with Crippen molar-refractivity contribution in [1.82, 2.24) is 0 Å². The molecule has 0 aromatic heterocycles.